The van der Waals surface area contributed by atoms with Gasteiger partial charge in [-0.25, -0.2) is 4.79 Å². The van der Waals surface area contributed by atoms with E-state index in [0.717, 1.165) is 6.54 Å². The number of hydrogen-bond donors (Lipinski definition) is 1. The standard InChI is InChI=1S/C10H18N4O2/c1-4-16-10(15)9-8(11)7-14(12-9)6-5-13(2)3/h7H,4-6,11H2,1-3H3. The Morgan fingerprint density at radius 3 is 2.88 bits per heavy atom. The fourth-order valence-electron chi connectivity index (χ4n) is 1.21. The molecule has 1 rings (SSSR count). The van der Waals surface area contributed by atoms with Crippen LogP contribution in [-0.2, 0) is 11.3 Å². The van der Waals surface area contributed by atoms with Gasteiger partial charge in [-0.05, 0) is 21.0 Å². The highest BCUT2D eigenvalue weighted by molar-refractivity contribution is 5.92. The Balaban J connectivity index is 2.69. The highest BCUT2D eigenvalue weighted by Crippen LogP contribution is 2.10. The van der Waals surface area contributed by atoms with Crippen LogP contribution in [0, 0.1) is 0 Å². The minimum absolute atomic E-state index is 0.195. The van der Waals surface area contributed by atoms with Crippen molar-refractivity contribution in [3.8, 4) is 0 Å². The van der Waals surface area contributed by atoms with Crippen molar-refractivity contribution < 1.29 is 9.53 Å². The number of aromatic nitrogens is 2. The quantitative estimate of drug-likeness (QED) is 0.726. The molecule has 0 aliphatic carbocycles. The summed E-state index contributed by atoms with van der Waals surface area (Å²) in [6, 6.07) is 0. The predicted molar refractivity (Wildman–Crippen MR) is 61.1 cm³/mol. The van der Waals surface area contributed by atoms with Crippen LogP contribution in [0.1, 0.15) is 17.4 Å². The lowest BCUT2D eigenvalue weighted by Gasteiger charge is -2.08. The maximum absolute atomic E-state index is 11.4. The van der Waals surface area contributed by atoms with Crippen LogP contribution in [0.3, 0.4) is 0 Å². The number of anilines is 1. The maximum atomic E-state index is 11.4. The van der Waals surface area contributed by atoms with E-state index < -0.39 is 5.97 Å². The molecule has 0 unspecified atom stereocenters. The number of ether oxygens (including phenoxy) is 1. The first-order valence-corrected chi connectivity index (χ1v) is 5.19. The van der Waals surface area contributed by atoms with Gasteiger partial charge in [0.05, 0.1) is 18.8 Å². The molecular weight excluding hydrogens is 208 g/mol. The first-order valence-electron chi connectivity index (χ1n) is 5.19. The number of esters is 1. The van der Waals surface area contributed by atoms with Gasteiger partial charge in [0.1, 0.15) is 0 Å². The van der Waals surface area contributed by atoms with Gasteiger partial charge in [0.2, 0.25) is 0 Å². The van der Waals surface area contributed by atoms with E-state index in [1.54, 1.807) is 17.8 Å². The molecule has 2 N–H and O–H groups in total. The van der Waals surface area contributed by atoms with Crippen molar-refractivity contribution in [2.24, 2.45) is 0 Å². The number of carbonyl (C=O) groups excluding carboxylic acids is 1. The molecule has 0 amide bonds. The molecule has 16 heavy (non-hydrogen) atoms. The molecule has 1 aromatic heterocycles. The second-order valence-corrected chi connectivity index (χ2v) is 3.72. The van der Waals surface area contributed by atoms with Gasteiger partial charge in [-0.3, -0.25) is 4.68 Å². The lowest BCUT2D eigenvalue weighted by Crippen LogP contribution is -2.19. The molecule has 0 aliphatic heterocycles. The number of likely N-dealkylation sites (N-methyl/N-ethyl adjacent to an activating group) is 1. The average Bonchev–Trinajstić information content (AvgIpc) is 2.57. The molecular formula is C10H18N4O2. The van der Waals surface area contributed by atoms with E-state index in [2.05, 4.69) is 5.10 Å². The summed E-state index contributed by atoms with van der Waals surface area (Å²) in [5, 5.41) is 4.09. The number of carbonyl (C=O) groups is 1. The highest BCUT2D eigenvalue weighted by Gasteiger charge is 2.15. The molecule has 90 valence electrons. The lowest BCUT2D eigenvalue weighted by molar-refractivity contribution is 0.0519. The second kappa shape index (κ2) is 5.50. The third-order valence-corrected chi connectivity index (χ3v) is 2.04. The number of nitrogen functional groups attached to an aromatic ring is 1. The first-order chi connectivity index (χ1) is 7.54. The molecule has 0 aliphatic rings. The summed E-state index contributed by atoms with van der Waals surface area (Å²) in [6.07, 6.45) is 1.65. The lowest BCUT2D eigenvalue weighted by atomic mass is 10.4. The summed E-state index contributed by atoms with van der Waals surface area (Å²) in [5.74, 6) is -0.469. The molecule has 6 nitrogen and oxygen atoms in total. The van der Waals surface area contributed by atoms with Crippen molar-refractivity contribution >= 4 is 11.7 Å². The Morgan fingerprint density at radius 1 is 1.62 bits per heavy atom. The number of rotatable bonds is 5. The van der Waals surface area contributed by atoms with Gasteiger partial charge in [0.25, 0.3) is 0 Å². The molecule has 6 heteroatoms. The zero-order valence-electron chi connectivity index (χ0n) is 9.93. The number of nitrogens with two attached hydrogens (primary N) is 1. The van der Waals surface area contributed by atoms with E-state index in [0.29, 0.717) is 18.8 Å². The summed E-state index contributed by atoms with van der Waals surface area (Å²) in [6.45, 7) is 3.60. The van der Waals surface area contributed by atoms with Crippen molar-refractivity contribution in [2.75, 3.05) is 33.0 Å². The van der Waals surface area contributed by atoms with E-state index in [-0.39, 0.29) is 5.69 Å². The van der Waals surface area contributed by atoms with Crippen molar-refractivity contribution in [3.63, 3.8) is 0 Å². The predicted octanol–water partition coefficient (Wildman–Crippen LogP) is 0.204. The zero-order chi connectivity index (χ0) is 12.1. The maximum Gasteiger partial charge on any atom is 0.361 e. The number of nitrogens with zero attached hydrogens (tertiary/aromatic N) is 3. The largest absolute Gasteiger partial charge is 0.461 e. The summed E-state index contributed by atoms with van der Waals surface area (Å²) in [4.78, 5) is 13.5. The van der Waals surface area contributed by atoms with Crippen molar-refractivity contribution in [2.45, 2.75) is 13.5 Å². The average molecular weight is 226 g/mol. The SMILES string of the molecule is CCOC(=O)c1nn(CCN(C)C)cc1N. The smallest absolute Gasteiger partial charge is 0.361 e. The van der Waals surface area contributed by atoms with Gasteiger partial charge in [-0.2, -0.15) is 5.10 Å². The minimum Gasteiger partial charge on any atom is -0.461 e. The van der Waals surface area contributed by atoms with Crippen molar-refractivity contribution in [1.29, 1.82) is 0 Å². The van der Waals surface area contributed by atoms with Crippen LogP contribution in [0.15, 0.2) is 6.20 Å². The van der Waals surface area contributed by atoms with Crippen LogP contribution in [-0.4, -0.2) is 47.9 Å². The van der Waals surface area contributed by atoms with Crippen LogP contribution in [0.4, 0.5) is 5.69 Å². The molecule has 1 aromatic rings. The number of hydrogen-bond acceptors (Lipinski definition) is 5. The van der Waals surface area contributed by atoms with Gasteiger partial charge in [0.15, 0.2) is 5.69 Å². The molecule has 0 atom stereocenters. The van der Waals surface area contributed by atoms with Gasteiger partial charge >= 0.3 is 5.97 Å². The fourth-order valence-corrected chi connectivity index (χ4v) is 1.21. The van der Waals surface area contributed by atoms with Crippen LogP contribution < -0.4 is 5.73 Å². The van der Waals surface area contributed by atoms with Gasteiger partial charge < -0.3 is 15.4 Å². The summed E-state index contributed by atoms with van der Waals surface area (Å²) in [5.41, 5.74) is 6.23. The van der Waals surface area contributed by atoms with Gasteiger partial charge in [-0.1, -0.05) is 0 Å². The molecule has 0 saturated heterocycles. The van der Waals surface area contributed by atoms with E-state index in [9.17, 15) is 4.79 Å². The third kappa shape index (κ3) is 3.23. The summed E-state index contributed by atoms with van der Waals surface area (Å²) >= 11 is 0. The Morgan fingerprint density at radius 2 is 2.31 bits per heavy atom. The zero-order valence-corrected chi connectivity index (χ0v) is 9.93. The van der Waals surface area contributed by atoms with Gasteiger partial charge in [0, 0.05) is 12.7 Å². The van der Waals surface area contributed by atoms with Crippen LogP contribution in [0.25, 0.3) is 0 Å². The topological polar surface area (TPSA) is 73.4 Å². The molecule has 1 heterocycles. The van der Waals surface area contributed by atoms with Crippen molar-refractivity contribution in [1.82, 2.24) is 14.7 Å². The molecule has 0 aromatic carbocycles. The molecule has 0 saturated carbocycles. The van der Waals surface area contributed by atoms with E-state index in [1.807, 2.05) is 19.0 Å². The van der Waals surface area contributed by atoms with Crippen LogP contribution in [0.2, 0.25) is 0 Å². The Labute approximate surface area is 95.0 Å². The Bertz CT molecular complexity index is 360. The normalized spacial score (nSPS) is 10.8. The van der Waals surface area contributed by atoms with Crippen molar-refractivity contribution in [3.05, 3.63) is 11.9 Å². The summed E-state index contributed by atoms with van der Waals surface area (Å²) < 4.78 is 6.50. The fraction of sp³-hybridized carbons (Fsp3) is 0.600. The molecule has 0 bridgehead atoms. The van der Waals surface area contributed by atoms with E-state index >= 15 is 0 Å². The third-order valence-electron chi connectivity index (χ3n) is 2.04. The van der Waals surface area contributed by atoms with Gasteiger partial charge in [-0.15, -0.1) is 0 Å². The second-order valence-electron chi connectivity index (χ2n) is 3.72. The monoisotopic (exact) mass is 226 g/mol. The Kier molecular flexibility index (Phi) is 4.30. The summed E-state index contributed by atoms with van der Waals surface area (Å²) in [7, 11) is 3.94. The van der Waals surface area contributed by atoms with Crippen LogP contribution in [0.5, 0.6) is 0 Å². The molecule has 0 radical (unpaired) electrons. The van der Waals surface area contributed by atoms with E-state index in [1.165, 1.54) is 0 Å². The highest BCUT2D eigenvalue weighted by atomic mass is 16.5. The van der Waals surface area contributed by atoms with Crippen LogP contribution >= 0.6 is 0 Å². The Hall–Kier alpha value is -1.56. The molecule has 0 fully saturated rings. The first kappa shape index (κ1) is 12.5. The van der Waals surface area contributed by atoms with E-state index in [4.69, 9.17) is 10.5 Å². The molecule has 0 spiro atoms. The minimum atomic E-state index is -0.469.